The molecule has 0 saturated carbocycles. The first-order valence-electron chi connectivity index (χ1n) is 9.96. The van der Waals surface area contributed by atoms with Crippen LogP contribution < -0.4 is 4.90 Å². The molecule has 2 aromatic heterocycles. The molecule has 0 N–H and O–H groups in total. The lowest BCUT2D eigenvalue weighted by Gasteiger charge is -2.29. The summed E-state index contributed by atoms with van der Waals surface area (Å²) in [4.78, 5) is 16.8. The summed E-state index contributed by atoms with van der Waals surface area (Å²) in [5, 5.41) is 4.28. The molecule has 4 rings (SSSR count). The zero-order valence-electron chi connectivity index (χ0n) is 17.0. The van der Waals surface area contributed by atoms with Gasteiger partial charge in [0.2, 0.25) is 5.88 Å². The minimum Gasteiger partial charge on any atom is -0.459 e. The summed E-state index contributed by atoms with van der Waals surface area (Å²) in [5.74, 6) is 0.343. The maximum absolute atomic E-state index is 13.4. The highest BCUT2D eigenvalue weighted by Crippen LogP contribution is 2.33. The first-order chi connectivity index (χ1) is 14.5. The van der Waals surface area contributed by atoms with Crippen molar-refractivity contribution in [2.45, 2.75) is 26.4 Å². The van der Waals surface area contributed by atoms with Crippen LogP contribution in [0.25, 0.3) is 11.3 Å². The Bertz CT molecular complexity index is 976. The van der Waals surface area contributed by atoms with Crippen LogP contribution in [0.4, 0.5) is 10.3 Å². The Hall–Kier alpha value is -3.13. The summed E-state index contributed by atoms with van der Waals surface area (Å²) in [6, 6.07) is 9.34. The number of carbonyl (C=O) groups is 1. The van der Waals surface area contributed by atoms with E-state index in [0.717, 1.165) is 11.1 Å². The Morgan fingerprint density at radius 2 is 1.93 bits per heavy atom. The van der Waals surface area contributed by atoms with Crippen LogP contribution in [0.15, 0.2) is 51.6 Å². The lowest BCUT2D eigenvalue weighted by Crippen LogP contribution is -2.39. The van der Waals surface area contributed by atoms with Crippen LogP contribution in [-0.2, 0) is 11.3 Å². The van der Waals surface area contributed by atoms with E-state index in [9.17, 15) is 9.18 Å². The van der Waals surface area contributed by atoms with Crippen molar-refractivity contribution in [1.82, 2.24) is 10.1 Å². The van der Waals surface area contributed by atoms with Crippen molar-refractivity contribution in [3.8, 4) is 11.3 Å². The predicted octanol–water partition coefficient (Wildman–Crippen LogP) is 3.96. The molecule has 158 valence electrons. The van der Waals surface area contributed by atoms with Crippen molar-refractivity contribution < 1.29 is 22.9 Å². The second kappa shape index (κ2) is 8.71. The Labute approximate surface area is 174 Å². The van der Waals surface area contributed by atoms with Gasteiger partial charge in [-0.3, -0.25) is 4.79 Å². The maximum Gasteiger partial charge on any atom is 0.290 e. The van der Waals surface area contributed by atoms with Crippen LogP contribution in [-0.4, -0.2) is 48.3 Å². The Kier molecular flexibility index (Phi) is 5.85. The summed E-state index contributed by atoms with van der Waals surface area (Å²) in [7, 11) is 0. The van der Waals surface area contributed by atoms with E-state index in [0.29, 0.717) is 37.9 Å². The summed E-state index contributed by atoms with van der Waals surface area (Å²) in [6.07, 6.45) is 1.48. The molecule has 1 aromatic carbocycles. The lowest BCUT2D eigenvalue weighted by molar-refractivity contribution is 0.0657. The van der Waals surface area contributed by atoms with E-state index in [1.165, 1.54) is 18.4 Å². The molecule has 1 aliphatic heterocycles. The first-order valence-corrected chi connectivity index (χ1v) is 9.96. The third-order valence-electron chi connectivity index (χ3n) is 5.13. The number of rotatable bonds is 6. The minimum absolute atomic E-state index is 0.0869. The molecule has 0 radical (unpaired) electrons. The molecule has 30 heavy (non-hydrogen) atoms. The van der Waals surface area contributed by atoms with Gasteiger partial charge in [-0.2, -0.15) is 0 Å². The molecule has 0 bridgehead atoms. The summed E-state index contributed by atoms with van der Waals surface area (Å²) in [6.45, 7) is 6.68. The van der Waals surface area contributed by atoms with Crippen molar-refractivity contribution in [3.05, 3.63) is 59.8 Å². The number of halogens is 1. The van der Waals surface area contributed by atoms with Gasteiger partial charge in [-0.1, -0.05) is 5.16 Å². The fourth-order valence-electron chi connectivity index (χ4n) is 3.49. The molecule has 7 nitrogen and oxygen atoms in total. The van der Waals surface area contributed by atoms with E-state index in [1.807, 2.05) is 13.8 Å². The second-order valence-corrected chi connectivity index (χ2v) is 7.43. The molecule has 1 saturated heterocycles. The molecule has 0 unspecified atom stereocenters. The highest BCUT2D eigenvalue weighted by molar-refractivity contribution is 5.91. The largest absolute Gasteiger partial charge is 0.459 e. The van der Waals surface area contributed by atoms with Gasteiger partial charge in [0.25, 0.3) is 5.91 Å². The zero-order chi connectivity index (χ0) is 21.1. The van der Waals surface area contributed by atoms with Crippen LogP contribution in [0.1, 0.15) is 30.0 Å². The standard InChI is InChI=1S/C22H24FN3O4/c1-15(2)26(21(27)19-4-3-11-29-19)14-18-20(16-5-7-17(23)8-6-16)24-30-22(18)25-9-12-28-13-10-25/h3-8,11,15H,9-10,12-14H2,1-2H3. The van der Waals surface area contributed by atoms with Gasteiger partial charge in [0.1, 0.15) is 11.5 Å². The number of hydrogen-bond acceptors (Lipinski definition) is 6. The quantitative estimate of drug-likeness (QED) is 0.609. The van der Waals surface area contributed by atoms with E-state index in [2.05, 4.69) is 10.1 Å². The number of benzene rings is 1. The first kappa shape index (κ1) is 20.2. The molecule has 1 aliphatic rings. The average Bonchev–Trinajstić information content (AvgIpc) is 3.43. The van der Waals surface area contributed by atoms with Gasteiger partial charge in [-0.15, -0.1) is 0 Å². The Balaban J connectivity index is 1.73. The number of anilines is 1. The fraction of sp³-hybridized carbons (Fsp3) is 0.364. The van der Waals surface area contributed by atoms with E-state index >= 15 is 0 Å². The molecular weight excluding hydrogens is 389 g/mol. The number of furan rings is 1. The van der Waals surface area contributed by atoms with E-state index in [4.69, 9.17) is 13.7 Å². The Morgan fingerprint density at radius 3 is 2.57 bits per heavy atom. The number of nitrogens with zero attached hydrogens (tertiary/aromatic N) is 3. The van der Waals surface area contributed by atoms with Crippen LogP contribution in [0.2, 0.25) is 0 Å². The predicted molar refractivity (Wildman–Crippen MR) is 109 cm³/mol. The van der Waals surface area contributed by atoms with Crippen LogP contribution in [0, 0.1) is 5.82 Å². The zero-order valence-corrected chi connectivity index (χ0v) is 17.0. The molecular formula is C22H24FN3O4. The van der Waals surface area contributed by atoms with E-state index < -0.39 is 0 Å². The molecule has 1 amide bonds. The smallest absolute Gasteiger partial charge is 0.290 e. The lowest BCUT2D eigenvalue weighted by atomic mass is 10.1. The van der Waals surface area contributed by atoms with Crippen molar-refractivity contribution in [3.63, 3.8) is 0 Å². The number of amides is 1. The summed E-state index contributed by atoms with van der Waals surface area (Å²) in [5.41, 5.74) is 2.09. The van der Waals surface area contributed by atoms with Gasteiger partial charge in [0.05, 0.1) is 31.6 Å². The van der Waals surface area contributed by atoms with E-state index in [1.54, 1.807) is 29.2 Å². The molecule has 3 heterocycles. The molecule has 8 heteroatoms. The minimum atomic E-state index is -0.325. The molecule has 1 fully saturated rings. The van der Waals surface area contributed by atoms with Crippen molar-refractivity contribution in [1.29, 1.82) is 0 Å². The van der Waals surface area contributed by atoms with Crippen LogP contribution >= 0.6 is 0 Å². The fourth-order valence-corrected chi connectivity index (χ4v) is 3.49. The third-order valence-corrected chi connectivity index (χ3v) is 5.13. The normalized spacial score (nSPS) is 14.3. The van der Waals surface area contributed by atoms with Crippen molar-refractivity contribution >= 4 is 11.8 Å². The number of hydrogen-bond donors (Lipinski definition) is 0. The van der Waals surface area contributed by atoms with Crippen LogP contribution in [0.5, 0.6) is 0 Å². The third kappa shape index (κ3) is 4.09. The number of morpholine rings is 1. The highest BCUT2D eigenvalue weighted by atomic mass is 19.1. The Morgan fingerprint density at radius 1 is 1.20 bits per heavy atom. The van der Waals surface area contributed by atoms with Crippen molar-refractivity contribution in [2.75, 3.05) is 31.2 Å². The van der Waals surface area contributed by atoms with Gasteiger partial charge in [-0.25, -0.2) is 4.39 Å². The molecule has 0 aliphatic carbocycles. The summed E-state index contributed by atoms with van der Waals surface area (Å²) < 4.78 is 30.0. The van der Waals surface area contributed by atoms with Gasteiger partial charge in [0.15, 0.2) is 5.76 Å². The average molecular weight is 413 g/mol. The molecule has 0 spiro atoms. The van der Waals surface area contributed by atoms with E-state index in [-0.39, 0.29) is 30.1 Å². The number of aromatic nitrogens is 1. The summed E-state index contributed by atoms with van der Waals surface area (Å²) >= 11 is 0. The molecule has 0 atom stereocenters. The highest BCUT2D eigenvalue weighted by Gasteiger charge is 2.29. The SMILES string of the molecule is CC(C)N(Cc1c(-c2ccc(F)cc2)noc1N1CCOCC1)C(=O)c1ccco1. The van der Waals surface area contributed by atoms with Gasteiger partial charge >= 0.3 is 0 Å². The maximum atomic E-state index is 13.4. The number of ether oxygens (including phenoxy) is 1. The molecule has 3 aromatic rings. The van der Waals surface area contributed by atoms with Crippen LogP contribution in [0.3, 0.4) is 0 Å². The van der Waals surface area contributed by atoms with Gasteiger partial charge < -0.3 is 23.5 Å². The van der Waals surface area contributed by atoms with Gasteiger partial charge in [-0.05, 0) is 50.2 Å². The topological polar surface area (TPSA) is 72.0 Å². The second-order valence-electron chi connectivity index (χ2n) is 7.43. The van der Waals surface area contributed by atoms with Crippen molar-refractivity contribution in [2.24, 2.45) is 0 Å². The van der Waals surface area contributed by atoms with Gasteiger partial charge in [0, 0.05) is 24.7 Å². The number of carbonyl (C=O) groups excluding carboxylic acids is 1. The monoisotopic (exact) mass is 413 g/mol.